The third-order valence-electron chi connectivity index (χ3n) is 3.16. The Labute approximate surface area is 124 Å². The van der Waals surface area contributed by atoms with Crippen molar-refractivity contribution in [1.82, 2.24) is 9.29 Å². The van der Waals surface area contributed by atoms with E-state index in [0.717, 1.165) is 9.69 Å². The minimum absolute atomic E-state index is 0.0301. The van der Waals surface area contributed by atoms with Crippen molar-refractivity contribution in [2.75, 3.05) is 27.3 Å². The summed E-state index contributed by atoms with van der Waals surface area (Å²) in [5.41, 5.74) is 0. The van der Waals surface area contributed by atoms with Crippen LogP contribution >= 0.6 is 0 Å². The second kappa shape index (κ2) is 6.48. The molecule has 1 N–H and O–H groups in total. The van der Waals surface area contributed by atoms with Crippen LogP contribution in [-0.2, 0) is 14.8 Å². The highest BCUT2D eigenvalue weighted by Crippen LogP contribution is 2.24. The van der Waals surface area contributed by atoms with E-state index in [9.17, 15) is 13.5 Å². The first-order valence-corrected chi connectivity index (χ1v) is 7.87. The quantitative estimate of drug-likeness (QED) is 0.856. The van der Waals surface area contributed by atoms with Crippen LogP contribution in [0.5, 0.6) is 0 Å². The minimum Gasteiger partial charge on any atom is -0.389 e. The van der Waals surface area contributed by atoms with Crippen LogP contribution in [0.4, 0.5) is 0 Å². The predicted octanol–water partition coefficient (Wildman–Crippen LogP) is 0.863. The van der Waals surface area contributed by atoms with Gasteiger partial charge < -0.3 is 9.84 Å². The molecule has 0 saturated carbocycles. The van der Waals surface area contributed by atoms with Crippen molar-refractivity contribution < 1.29 is 18.3 Å². The van der Waals surface area contributed by atoms with E-state index in [0.29, 0.717) is 5.39 Å². The second-order valence-corrected chi connectivity index (χ2v) is 6.76. The maximum absolute atomic E-state index is 12.6. The molecular formula is C14H18N2O4S. The van der Waals surface area contributed by atoms with E-state index in [-0.39, 0.29) is 18.0 Å². The molecule has 21 heavy (non-hydrogen) atoms. The van der Waals surface area contributed by atoms with Gasteiger partial charge >= 0.3 is 0 Å². The molecule has 114 valence electrons. The molecule has 2 aromatic rings. The Kier molecular flexibility index (Phi) is 4.89. The van der Waals surface area contributed by atoms with Gasteiger partial charge in [-0.25, -0.2) is 8.42 Å². The van der Waals surface area contributed by atoms with Crippen molar-refractivity contribution in [1.29, 1.82) is 0 Å². The third-order valence-corrected chi connectivity index (χ3v) is 5.04. The van der Waals surface area contributed by atoms with Gasteiger partial charge in [-0.05, 0) is 12.1 Å². The molecule has 1 aromatic carbocycles. The number of fused-ring (bicyclic) bond motifs is 1. The summed E-state index contributed by atoms with van der Waals surface area (Å²) in [7, 11) is -0.796. The highest BCUT2D eigenvalue weighted by atomic mass is 32.2. The van der Waals surface area contributed by atoms with Crippen LogP contribution in [0.3, 0.4) is 0 Å². The first-order chi connectivity index (χ1) is 9.96. The normalized spacial score (nSPS) is 13.7. The lowest BCUT2D eigenvalue weighted by Crippen LogP contribution is -2.36. The van der Waals surface area contributed by atoms with Gasteiger partial charge in [0, 0.05) is 43.9 Å². The van der Waals surface area contributed by atoms with Crippen LogP contribution in [0, 0.1) is 0 Å². The van der Waals surface area contributed by atoms with Crippen molar-refractivity contribution in [3.05, 3.63) is 36.7 Å². The number of benzene rings is 1. The Morgan fingerprint density at radius 3 is 2.86 bits per heavy atom. The van der Waals surface area contributed by atoms with E-state index < -0.39 is 16.1 Å². The molecule has 0 aliphatic carbocycles. The van der Waals surface area contributed by atoms with Crippen molar-refractivity contribution in [2.45, 2.75) is 11.0 Å². The van der Waals surface area contributed by atoms with E-state index in [1.54, 1.807) is 36.7 Å². The molecule has 0 aliphatic rings. The van der Waals surface area contributed by atoms with Crippen LogP contribution < -0.4 is 0 Å². The molecule has 1 heterocycles. The fourth-order valence-corrected chi connectivity index (χ4v) is 3.54. The summed E-state index contributed by atoms with van der Waals surface area (Å²) in [6.07, 6.45) is 2.31. The topological polar surface area (TPSA) is 79.7 Å². The lowest BCUT2D eigenvalue weighted by molar-refractivity contribution is 0.0554. The number of hydrogen-bond donors (Lipinski definition) is 1. The zero-order valence-corrected chi connectivity index (χ0v) is 12.7. The highest BCUT2D eigenvalue weighted by Gasteiger charge is 2.24. The lowest BCUT2D eigenvalue weighted by atomic mass is 10.2. The summed E-state index contributed by atoms with van der Waals surface area (Å²) in [5.74, 6) is 0. The molecule has 0 amide bonds. The van der Waals surface area contributed by atoms with Crippen molar-refractivity contribution >= 4 is 20.8 Å². The average molecular weight is 310 g/mol. The summed E-state index contributed by atoms with van der Waals surface area (Å²) >= 11 is 0. The maximum Gasteiger partial charge on any atom is 0.243 e. The summed E-state index contributed by atoms with van der Waals surface area (Å²) < 4.78 is 31.2. The van der Waals surface area contributed by atoms with E-state index in [1.807, 2.05) is 0 Å². The molecule has 0 spiro atoms. The van der Waals surface area contributed by atoms with Crippen LogP contribution in [-0.4, -0.2) is 56.2 Å². The van der Waals surface area contributed by atoms with Gasteiger partial charge in [0.1, 0.15) is 0 Å². The first kappa shape index (κ1) is 15.8. The molecule has 1 aromatic heterocycles. The number of ether oxygens (including phenoxy) is 1. The van der Waals surface area contributed by atoms with Gasteiger partial charge in [-0.3, -0.25) is 4.98 Å². The Bertz CT molecular complexity index is 712. The van der Waals surface area contributed by atoms with Gasteiger partial charge in [0.15, 0.2) is 0 Å². The van der Waals surface area contributed by atoms with E-state index in [4.69, 9.17) is 4.74 Å². The minimum atomic E-state index is -3.69. The molecule has 6 nitrogen and oxygen atoms in total. The fraction of sp³-hybridized carbons (Fsp3) is 0.357. The number of pyridine rings is 1. The van der Waals surface area contributed by atoms with Gasteiger partial charge in [0.2, 0.25) is 10.0 Å². The van der Waals surface area contributed by atoms with Crippen LogP contribution in [0.1, 0.15) is 0 Å². The number of hydrogen-bond acceptors (Lipinski definition) is 5. The second-order valence-electron chi connectivity index (χ2n) is 4.75. The summed E-state index contributed by atoms with van der Waals surface area (Å²) in [5, 5.41) is 11.1. The number of aromatic nitrogens is 1. The van der Waals surface area contributed by atoms with Crippen LogP contribution in [0.2, 0.25) is 0 Å². The average Bonchev–Trinajstić information content (AvgIpc) is 2.46. The third kappa shape index (κ3) is 3.38. The molecule has 0 saturated heterocycles. The van der Waals surface area contributed by atoms with E-state index in [1.165, 1.54) is 14.2 Å². The zero-order chi connectivity index (χ0) is 15.5. The zero-order valence-electron chi connectivity index (χ0n) is 11.9. The number of sulfonamides is 1. The number of likely N-dealkylation sites (N-methyl/N-ethyl adjacent to an activating group) is 1. The van der Waals surface area contributed by atoms with Gasteiger partial charge in [0.25, 0.3) is 0 Å². The first-order valence-electron chi connectivity index (χ1n) is 6.43. The van der Waals surface area contributed by atoms with E-state index in [2.05, 4.69) is 4.98 Å². The molecule has 0 fully saturated rings. The number of nitrogens with zero attached hydrogens (tertiary/aromatic N) is 2. The summed E-state index contributed by atoms with van der Waals surface area (Å²) in [6, 6.07) is 6.70. The van der Waals surface area contributed by atoms with Gasteiger partial charge in [-0.2, -0.15) is 4.31 Å². The lowest BCUT2D eigenvalue weighted by Gasteiger charge is -2.21. The Hall–Kier alpha value is -1.54. The van der Waals surface area contributed by atoms with Crippen LogP contribution in [0.15, 0.2) is 41.6 Å². The van der Waals surface area contributed by atoms with Crippen LogP contribution in [0.25, 0.3) is 10.8 Å². The number of aliphatic hydroxyl groups is 1. The number of rotatable bonds is 6. The predicted molar refractivity (Wildman–Crippen MR) is 79.4 cm³/mol. The smallest absolute Gasteiger partial charge is 0.243 e. The molecule has 1 unspecified atom stereocenters. The van der Waals surface area contributed by atoms with E-state index >= 15 is 0 Å². The van der Waals surface area contributed by atoms with Crippen molar-refractivity contribution in [2.24, 2.45) is 0 Å². The standard InChI is InChI=1S/C14H18N2O4S/c1-16(9-12(17)10-20-2)21(18,19)14-5-3-4-11-8-15-7-6-13(11)14/h3-8,12,17H,9-10H2,1-2H3. The Morgan fingerprint density at radius 2 is 2.14 bits per heavy atom. The Morgan fingerprint density at radius 1 is 1.38 bits per heavy atom. The van der Waals surface area contributed by atoms with Gasteiger partial charge in [-0.15, -0.1) is 0 Å². The van der Waals surface area contributed by atoms with Crippen molar-refractivity contribution in [3.8, 4) is 0 Å². The Balaban J connectivity index is 2.38. The summed E-state index contributed by atoms with van der Waals surface area (Å²) in [6.45, 7) is 0.0525. The molecule has 1 atom stereocenters. The fourth-order valence-electron chi connectivity index (χ4n) is 2.13. The van der Waals surface area contributed by atoms with Gasteiger partial charge in [-0.1, -0.05) is 12.1 Å². The summed E-state index contributed by atoms with van der Waals surface area (Å²) in [4.78, 5) is 4.19. The molecule has 0 radical (unpaired) electrons. The SMILES string of the molecule is COCC(O)CN(C)S(=O)(=O)c1cccc2cnccc12. The number of aliphatic hydroxyl groups excluding tert-OH is 1. The largest absolute Gasteiger partial charge is 0.389 e. The molecular weight excluding hydrogens is 292 g/mol. The highest BCUT2D eigenvalue weighted by molar-refractivity contribution is 7.89. The van der Waals surface area contributed by atoms with Gasteiger partial charge in [0.05, 0.1) is 17.6 Å². The maximum atomic E-state index is 12.6. The molecule has 7 heteroatoms. The molecule has 2 rings (SSSR count). The monoisotopic (exact) mass is 310 g/mol. The number of methoxy groups -OCH3 is 1. The molecule has 0 bridgehead atoms. The van der Waals surface area contributed by atoms with Crippen molar-refractivity contribution in [3.63, 3.8) is 0 Å². The molecule has 0 aliphatic heterocycles.